The lowest BCUT2D eigenvalue weighted by Gasteiger charge is -2.36. The first-order valence-corrected chi connectivity index (χ1v) is 10.0. The summed E-state index contributed by atoms with van der Waals surface area (Å²) in [7, 11) is 1.55. The maximum atomic E-state index is 13.4. The van der Waals surface area contributed by atoms with E-state index in [-0.39, 0.29) is 30.3 Å². The summed E-state index contributed by atoms with van der Waals surface area (Å²) < 4.78 is 5.93. The third-order valence-corrected chi connectivity index (χ3v) is 7.06. The molecule has 0 aromatic heterocycles. The number of ether oxygens (including phenoxy) is 1. The van der Waals surface area contributed by atoms with Crippen molar-refractivity contribution in [1.29, 1.82) is 0 Å². The van der Waals surface area contributed by atoms with Crippen molar-refractivity contribution in [2.75, 3.05) is 32.1 Å². The molecule has 0 bridgehead atoms. The highest BCUT2D eigenvalue weighted by molar-refractivity contribution is 9.10. The molecule has 1 spiro atoms. The van der Waals surface area contributed by atoms with Crippen molar-refractivity contribution in [3.8, 4) is 0 Å². The fourth-order valence-corrected chi connectivity index (χ4v) is 6.00. The van der Waals surface area contributed by atoms with Gasteiger partial charge >= 0.3 is 0 Å². The van der Waals surface area contributed by atoms with Gasteiger partial charge in [0.1, 0.15) is 5.54 Å². The van der Waals surface area contributed by atoms with E-state index in [1.807, 2.05) is 18.2 Å². The Bertz CT molecular complexity index is 875. The third kappa shape index (κ3) is 2.01. The average molecular weight is 434 g/mol. The number of amides is 3. The highest BCUT2D eigenvalue weighted by Gasteiger charge is 2.74. The predicted octanol–water partition coefficient (Wildman–Crippen LogP) is 1.32. The molecule has 8 heteroatoms. The lowest BCUT2D eigenvalue weighted by Crippen LogP contribution is -2.54. The van der Waals surface area contributed by atoms with Crippen LogP contribution in [0.5, 0.6) is 0 Å². The maximum Gasteiger partial charge on any atom is 0.250 e. The molecule has 4 aliphatic rings. The summed E-state index contributed by atoms with van der Waals surface area (Å²) in [6, 6.07) is 5.57. The normalized spacial score (nSPS) is 34.4. The van der Waals surface area contributed by atoms with Gasteiger partial charge in [-0.25, -0.2) is 0 Å². The molecule has 0 saturated carbocycles. The molecule has 7 nitrogen and oxygen atoms in total. The molecule has 5 rings (SSSR count). The molecule has 0 aliphatic carbocycles. The lowest BCUT2D eigenvalue weighted by molar-refractivity contribution is -0.146. The molecule has 1 aromatic rings. The molecule has 1 aromatic carbocycles. The number of hydrogen-bond donors (Lipinski definition) is 1. The van der Waals surface area contributed by atoms with Gasteiger partial charge in [-0.05, 0) is 37.6 Å². The number of nitrogens with zero attached hydrogens (tertiary/aromatic N) is 2. The number of fused-ring (bicyclic) bond motifs is 7. The topological polar surface area (TPSA) is 78.9 Å². The number of hydrogen-bond acceptors (Lipinski definition) is 5. The number of anilines is 1. The number of imide groups is 1. The van der Waals surface area contributed by atoms with Crippen molar-refractivity contribution in [3.63, 3.8) is 0 Å². The number of carbonyl (C=O) groups excluding carboxylic acids is 3. The van der Waals surface area contributed by atoms with Gasteiger partial charge in [-0.3, -0.25) is 24.2 Å². The SMILES string of the molecule is COCCN1C(=O)[C@H]2[C@@H](C1=O)[C@@]1(C(=O)Nc3ccc(Br)cc31)N1CCC[C@@H]21. The van der Waals surface area contributed by atoms with Crippen LogP contribution in [0.2, 0.25) is 0 Å². The summed E-state index contributed by atoms with van der Waals surface area (Å²) in [4.78, 5) is 43.3. The molecule has 0 unspecified atom stereocenters. The molecule has 27 heavy (non-hydrogen) atoms. The predicted molar refractivity (Wildman–Crippen MR) is 99.8 cm³/mol. The van der Waals surface area contributed by atoms with Gasteiger partial charge < -0.3 is 10.1 Å². The van der Waals surface area contributed by atoms with E-state index in [1.54, 1.807) is 7.11 Å². The van der Waals surface area contributed by atoms with Gasteiger partial charge in [-0.15, -0.1) is 0 Å². The monoisotopic (exact) mass is 433 g/mol. The Morgan fingerprint density at radius 3 is 2.89 bits per heavy atom. The molecule has 4 heterocycles. The molecule has 3 fully saturated rings. The van der Waals surface area contributed by atoms with E-state index in [4.69, 9.17) is 4.74 Å². The smallest absolute Gasteiger partial charge is 0.250 e. The van der Waals surface area contributed by atoms with Crippen LogP contribution in [0.3, 0.4) is 0 Å². The summed E-state index contributed by atoms with van der Waals surface area (Å²) in [5.41, 5.74) is 0.431. The maximum absolute atomic E-state index is 13.4. The van der Waals surface area contributed by atoms with Crippen molar-refractivity contribution < 1.29 is 19.1 Å². The van der Waals surface area contributed by atoms with Gasteiger partial charge in [0.05, 0.1) is 25.0 Å². The van der Waals surface area contributed by atoms with E-state index in [1.165, 1.54) is 4.90 Å². The molecular weight excluding hydrogens is 414 g/mol. The Morgan fingerprint density at radius 1 is 1.30 bits per heavy atom. The molecule has 0 radical (unpaired) electrons. The second-order valence-corrected chi connectivity index (χ2v) is 8.55. The minimum atomic E-state index is -1.10. The minimum absolute atomic E-state index is 0.0744. The van der Waals surface area contributed by atoms with Crippen molar-refractivity contribution in [3.05, 3.63) is 28.2 Å². The number of benzene rings is 1. The standard InChI is InChI=1S/C19H20BrN3O4/c1-27-8-7-22-16(24)14-13-3-2-6-23(13)19(15(14)17(22)25)11-9-10(20)4-5-12(11)21-18(19)26/h4-5,9,13-15H,2-3,6-8H2,1H3,(H,21,26)/t13-,14+,15-,19-/m0/s1. The van der Waals surface area contributed by atoms with E-state index >= 15 is 0 Å². The summed E-state index contributed by atoms with van der Waals surface area (Å²) >= 11 is 3.50. The minimum Gasteiger partial charge on any atom is -0.383 e. The van der Waals surface area contributed by atoms with Crippen LogP contribution in [0.25, 0.3) is 0 Å². The van der Waals surface area contributed by atoms with Crippen molar-refractivity contribution in [1.82, 2.24) is 9.80 Å². The van der Waals surface area contributed by atoms with Crippen LogP contribution in [0, 0.1) is 11.8 Å². The van der Waals surface area contributed by atoms with Crippen molar-refractivity contribution >= 4 is 39.3 Å². The van der Waals surface area contributed by atoms with Crippen LogP contribution in [0.1, 0.15) is 18.4 Å². The fraction of sp³-hybridized carbons (Fsp3) is 0.526. The number of halogens is 1. The van der Waals surface area contributed by atoms with Gasteiger partial charge in [0.25, 0.3) is 0 Å². The van der Waals surface area contributed by atoms with E-state index in [9.17, 15) is 14.4 Å². The first-order chi connectivity index (χ1) is 13.0. The molecule has 3 saturated heterocycles. The Hall–Kier alpha value is -1.77. The highest BCUT2D eigenvalue weighted by atomic mass is 79.9. The number of nitrogens with one attached hydrogen (secondary N) is 1. The quantitative estimate of drug-likeness (QED) is 0.727. The first kappa shape index (κ1) is 17.3. The number of carbonyl (C=O) groups is 3. The molecule has 4 aliphatic heterocycles. The zero-order chi connectivity index (χ0) is 18.9. The van der Waals surface area contributed by atoms with Crippen LogP contribution in [-0.4, -0.2) is 60.4 Å². The third-order valence-electron chi connectivity index (χ3n) is 6.56. The largest absolute Gasteiger partial charge is 0.383 e. The number of rotatable bonds is 3. The molecule has 142 valence electrons. The van der Waals surface area contributed by atoms with Gasteiger partial charge in [0.15, 0.2) is 0 Å². The van der Waals surface area contributed by atoms with Crippen molar-refractivity contribution in [2.24, 2.45) is 11.8 Å². The molecule has 3 amide bonds. The lowest BCUT2D eigenvalue weighted by atomic mass is 9.75. The summed E-state index contributed by atoms with van der Waals surface area (Å²) in [6.07, 6.45) is 1.75. The van der Waals surface area contributed by atoms with Crippen LogP contribution in [0.15, 0.2) is 22.7 Å². The van der Waals surface area contributed by atoms with Crippen LogP contribution in [0.4, 0.5) is 5.69 Å². The Labute approximate surface area is 165 Å². The van der Waals surface area contributed by atoms with Crippen LogP contribution in [-0.2, 0) is 24.7 Å². The summed E-state index contributed by atoms with van der Waals surface area (Å²) in [5.74, 6) is -1.74. The Morgan fingerprint density at radius 2 is 2.11 bits per heavy atom. The molecule has 1 N–H and O–H groups in total. The molecular formula is C19H20BrN3O4. The van der Waals surface area contributed by atoms with Gasteiger partial charge in [0, 0.05) is 28.9 Å². The fourth-order valence-electron chi connectivity index (χ4n) is 5.64. The molecule has 4 atom stereocenters. The summed E-state index contributed by atoms with van der Waals surface area (Å²) in [6.45, 7) is 1.25. The number of likely N-dealkylation sites (tertiary alicyclic amines) is 1. The first-order valence-electron chi connectivity index (χ1n) is 9.24. The zero-order valence-electron chi connectivity index (χ0n) is 14.9. The second-order valence-electron chi connectivity index (χ2n) is 7.64. The van der Waals surface area contributed by atoms with Gasteiger partial charge in [-0.2, -0.15) is 0 Å². The van der Waals surface area contributed by atoms with E-state index in [2.05, 4.69) is 26.1 Å². The van der Waals surface area contributed by atoms with Gasteiger partial charge in [-0.1, -0.05) is 15.9 Å². The van der Waals surface area contributed by atoms with E-state index in [0.29, 0.717) is 6.61 Å². The van der Waals surface area contributed by atoms with E-state index in [0.717, 1.165) is 35.1 Å². The number of methoxy groups -OCH3 is 1. The van der Waals surface area contributed by atoms with Gasteiger partial charge in [0.2, 0.25) is 17.7 Å². The summed E-state index contributed by atoms with van der Waals surface area (Å²) in [5, 5.41) is 2.97. The van der Waals surface area contributed by atoms with Crippen molar-refractivity contribution in [2.45, 2.75) is 24.4 Å². The Balaban J connectivity index is 1.69. The van der Waals surface area contributed by atoms with Crippen LogP contribution < -0.4 is 5.32 Å². The zero-order valence-corrected chi connectivity index (χ0v) is 16.5. The van der Waals surface area contributed by atoms with Crippen LogP contribution >= 0.6 is 15.9 Å². The average Bonchev–Trinajstić information content (AvgIpc) is 3.33. The highest BCUT2D eigenvalue weighted by Crippen LogP contribution is 2.60. The second kappa shape index (κ2) is 5.86. The Kier molecular flexibility index (Phi) is 3.76. The van der Waals surface area contributed by atoms with E-state index < -0.39 is 17.4 Å².